The summed E-state index contributed by atoms with van der Waals surface area (Å²) in [6.07, 6.45) is -0.569. The van der Waals surface area contributed by atoms with E-state index in [1.807, 2.05) is 0 Å². The monoisotopic (exact) mass is 90.1 g/mol. The van der Waals surface area contributed by atoms with E-state index < -0.39 is 6.10 Å². The summed E-state index contributed by atoms with van der Waals surface area (Å²) in [5.74, 6) is -0.116. The fourth-order valence-corrected chi connectivity index (χ4v) is 0. The zero-order chi connectivity index (χ0) is 5.86. The lowest BCUT2D eigenvalue weighted by Gasteiger charge is -1.90. The van der Waals surface area contributed by atoms with Gasteiger partial charge in [0.1, 0.15) is 6.10 Å². The molecule has 0 aromatic carbocycles. The Kier molecular flexibility index (Phi) is 1.22. The molecule has 36 valence electrons. The summed E-state index contributed by atoms with van der Waals surface area (Å²) in [5.41, 5.74) is 0. The summed E-state index contributed by atoms with van der Waals surface area (Å²) in [6.45, 7) is 2.93. The summed E-state index contributed by atoms with van der Waals surface area (Å²) in [4.78, 5) is 10.1. The Balaban J connectivity index is 3.34. The maximum Gasteiger partial charge on any atom is 0.211 e. The molecule has 0 amide bonds. The number of carbonyl (C=O) groups excluding carboxylic acids is 1. The van der Waals surface area contributed by atoms with Crippen LogP contribution in [0.15, 0.2) is 0 Å². The van der Waals surface area contributed by atoms with Gasteiger partial charge in [0, 0.05) is 0 Å². The Labute approximate surface area is 38.3 Å². The minimum atomic E-state index is -0.569. The van der Waals surface area contributed by atoms with Gasteiger partial charge in [-0.05, 0) is 13.8 Å². The van der Waals surface area contributed by atoms with Crippen molar-refractivity contribution in [1.29, 1.82) is 1.43 Å². The zero-order valence-electron chi connectivity index (χ0n) is 4.89. The average molecular weight is 90.1 g/mol. The van der Waals surface area contributed by atoms with Crippen LogP contribution in [0.4, 0.5) is 0 Å². The normalized spacial score (nSPS) is 16.0. The molecule has 0 saturated heterocycles. The fraction of sp³-hybridized carbons (Fsp3) is 0.750. The Morgan fingerprint density at radius 1 is 2.17 bits per heavy atom. The van der Waals surface area contributed by atoms with Crippen LogP contribution in [0, 0.1) is 0 Å². The second-order valence-corrected chi connectivity index (χ2v) is 1.25. The molecule has 1 N–H and O–H groups in total. The third-order valence-corrected chi connectivity index (χ3v) is 0.572. The lowest BCUT2D eigenvalue weighted by Crippen LogP contribution is -2.10. The number of carbonyl (C=O) groups is 1. The molecule has 6 heavy (non-hydrogen) atoms. The van der Waals surface area contributed by atoms with Gasteiger partial charge in [0.05, 0.1) is 0 Å². The second-order valence-electron chi connectivity index (χ2n) is 1.25. The van der Waals surface area contributed by atoms with E-state index in [4.69, 9.17) is 1.43 Å². The van der Waals surface area contributed by atoms with Crippen LogP contribution in [-0.2, 0) is 4.79 Å². The summed E-state index contributed by atoms with van der Waals surface area (Å²) >= 11 is 0. The molecule has 0 heterocycles. The molecule has 0 fully saturated rings. The molecule has 0 aliphatic rings. The highest BCUT2D eigenvalue weighted by Crippen LogP contribution is 1.76. The average Bonchev–Trinajstić information content (AvgIpc) is 1.65. The summed E-state index contributed by atoms with van der Waals surface area (Å²) < 4.78 is 6.22. The lowest BCUT2D eigenvalue weighted by molar-refractivity contribution is -0.124. The van der Waals surface area contributed by atoms with Crippen molar-refractivity contribution in [1.82, 2.24) is 0 Å². The number of aliphatic hydroxyl groups is 1. The third kappa shape index (κ3) is 1.91. The minimum absolute atomic E-state index is 0.116. The van der Waals surface area contributed by atoms with E-state index in [0.29, 0.717) is 0 Å². The van der Waals surface area contributed by atoms with Gasteiger partial charge in [-0.15, -0.1) is 0 Å². The van der Waals surface area contributed by atoms with E-state index in [1.165, 1.54) is 13.8 Å². The maximum absolute atomic E-state index is 10.1. The van der Waals surface area contributed by atoms with Crippen molar-refractivity contribution in [3.05, 3.63) is 0 Å². The van der Waals surface area contributed by atoms with Gasteiger partial charge in [-0.2, -0.15) is 0 Å². The molecule has 0 aliphatic carbocycles. The van der Waals surface area contributed by atoms with Crippen molar-refractivity contribution in [3.63, 3.8) is 0 Å². The quantitative estimate of drug-likeness (QED) is 0.516. The molecule has 0 aromatic heterocycles. The van der Waals surface area contributed by atoms with Crippen molar-refractivity contribution < 1.29 is 9.90 Å². The molecule has 0 aromatic rings. The lowest BCUT2D eigenvalue weighted by atomic mass is 10.3. The van der Waals surface area contributed by atoms with Gasteiger partial charge in [0.2, 0.25) is 1.43 Å². The van der Waals surface area contributed by atoms with Gasteiger partial charge < -0.3 is 5.11 Å². The van der Waals surface area contributed by atoms with E-state index in [1.54, 1.807) is 0 Å². The van der Waals surface area contributed by atoms with Gasteiger partial charge in [-0.3, -0.25) is 4.79 Å². The minimum Gasteiger partial charge on any atom is -0.386 e. The second kappa shape index (κ2) is 1.92. The molecule has 1 atom stereocenters. The Hall–Kier alpha value is -0.370. The van der Waals surface area contributed by atoms with Crippen LogP contribution >= 0.6 is 0 Å². The predicted octanol–water partition coefficient (Wildman–Crippen LogP) is -0.0438. The molecule has 2 nitrogen and oxygen atoms in total. The highest BCUT2D eigenvalue weighted by molar-refractivity contribution is 5.79. The Bertz CT molecular complexity index is 72.1. The van der Waals surface area contributed by atoms with Gasteiger partial charge in [0.25, 0.3) is 0 Å². The largest absolute Gasteiger partial charge is 0.386 e. The SMILES string of the molecule is [3H]O[C@@H](C)C(C)=O. The molecule has 0 rings (SSSR count). The Morgan fingerprint density at radius 2 is 2.67 bits per heavy atom. The van der Waals surface area contributed by atoms with E-state index in [0.717, 1.165) is 0 Å². The summed E-state index contributed by atoms with van der Waals surface area (Å²) in [7, 11) is 0. The van der Waals surface area contributed by atoms with Crippen molar-refractivity contribution >= 4 is 5.78 Å². The molecular formula is C4H8O2. The molecule has 0 radical (unpaired) electrons. The first kappa shape index (κ1) is 3.81. The molecule has 0 spiro atoms. The number of aliphatic hydroxyl groups excluding tert-OH is 1. The number of hydrogen-bond donors (Lipinski definition) is 1. The Morgan fingerprint density at radius 3 is 2.67 bits per heavy atom. The van der Waals surface area contributed by atoms with Crippen molar-refractivity contribution in [2.45, 2.75) is 20.0 Å². The van der Waals surface area contributed by atoms with Gasteiger partial charge in [0.15, 0.2) is 5.78 Å². The van der Waals surface area contributed by atoms with Crippen LogP contribution in [0.25, 0.3) is 0 Å². The first-order valence-electron chi connectivity index (χ1n) is 2.21. The van der Waals surface area contributed by atoms with E-state index in [-0.39, 0.29) is 5.78 Å². The van der Waals surface area contributed by atoms with Crippen molar-refractivity contribution in [2.24, 2.45) is 0 Å². The molecule has 0 aliphatic heterocycles. The molecule has 0 saturated carbocycles. The van der Waals surface area contributed by atoms with Gasteiger partial charge >= 0.3 is 0 Å². The molecule has 0 bridgehead atoms. The van der Waals surface area contributed by atoms with Crippen molar-refractivity contribution in [3.8, 4) is 0 Å². The van der Waals surface area contributed by atoms with Crippen LogP contribution in [-0.4, -0.2) is 18.4 Å². The van der Waals surface area contributed by atoms with Crippen molar-refractivity contribution in [2.75, 3.05) is 0 Å². The van der Waals surface area contributed by atoms with E-state index >= 15 is 0 Å². The van der Waals surface area contributed by atoms with E-state index in [9.17, 15) is 4.79 Å². The van der Waals surface area contributed by atoms with Gasteiger partial charge in [-0.25, -0.2) is 0 Å². The molecule has 2 heteroatoms. The topological polar surface area (TPSA) is 37.3 Å². The smallest absolute Gasteiger partial charge is 0.211 e. The van der Waals surface area contributed by atoms with Crippen LogP contribution in [0.5, 0.6) is 0 Å². The first-order valence-corrected chi connectivity index (χ1v) is 1.81. The number of rotatable bonds is 2. The van der Waals surface area contributed by atoms with Gasteiger partial charge in [-0.1, -0.05) is 0 Å². The van der Waals surface area contributed by atoms with Crippen LogP contribution in [0.1, 0.15) is 13.8 Å². The summed E-state index contributed by atoms with van der Waals surface area (Å²) in [6, 6.07) is 0. The number of Topliss-reactive ketones (excluding diaryl/α,β-unsaturated/α-hetero) is 1. The predicted molar refractivity (Wildman–Crippen MR) is 22.4 cm³/mol. The van der Waals surface area contributed by atoms with Crippen LogP contribution in [0.3, 0.4) is 0 Å². The highest BCUT2D eigenvalue weighted by Gasteiger charge is 1.97. The first-order chi connectivity index (χ1) is 3.18. The van der Waals surface area contributed by atoms with E-state index in [2.05, 4.69) is 5.11 Å². The maximum atomic E-state index is 10.1. The third-order valence-electron chi connectivity index (χ3n) is 0.572. The summed E-state index contributed by atoms with van der Waals surface area (Å²) in [5, 5.41) is 3.91. The zero-order valence-corrected chi connectivity index (χ0v) is 3.89. The standard InChI is InChI=1S/C4H8O2/c1-3(5)4(2)6/h3,5H,1-2H3/t3-/m0/s1/i5T. The number of ketones is 1. The molecule has 0 unspecified atom stereocenters. The van der Waals surface area contributed by atoms with Crippen LogP contribution < -0.4 is 0 Å². The van der Waals surface area contributed by atoms with Crippen LogP contribution in [0.2, 0.25) is 0 Å². The molecular weight excluding hydrogens is 80.0 g/mol. The number of hydrogen-bond acceptors (Lipinski definition) is 2. The highest BCUT2D eigenvalue weighted by atomic mass is 16.3. The fourth-order valence-electron chi connectivity index (χ4n) is 0.